The van der Waals surface area contributed by atoms with E-state index in [9.17, 15) is 13.2 Å². The topological polar surface area (TPSA) is 121 Å². The van der Waals surface area contributed by atoms with Gasteiger partial charge in [0, 0.05) is 30.4 Å². The first-order valence-corrected chi connectivity index (χ1v) is 17.8. The molecule has 4 heterocycles. The van der Waals surface area contributed by atoms with Gasteiger partial charge in [0.1, 0.15) is 11.4 Å². The van der Waals surface area contributed by atoms with Crippen LogP contribution in [0.25, 0.3) is 40.1 Å². The molecule has 0 N–H and O–H groups in total. The van der Waals surface area contributed by atoms with Crippen LogP contribution < -0.4 is 14.8 Å². The number of sulfonamides is 1. The molecular formula is C35H32N6O5S2. The van der Waals surface area contributed by atoms with Gasteiger partial charge in [-0.1, -0.05) is 66.8 Å². The first-order valence-electron chi connectivity index (χ1n) is 15.5. The van der Waals surface area contributed by atoms with Crippen LogP contribution in [0.4, 0.5) is 0 Å². The number of thiazole rings is 1. The summed E-state index contributed by atoms with van der Waals surface area (Å²) in [6, 6.07) is 24.1. The molecule has 1 aliphatic rings. The van der Waals surface area contributed by atoms with E-state index >= 15 is 0 Å². The molecule has 3 aromatic carbocycles. The third kappa shape index (κ3) is 6.58. The summed E-state index contributed by atoms with van der Waals surface area (Å²) in [6.45, 7) is 4.05. The second kappa shape index (κ2) is 13.6. The number of aromatic nitrogens is 5. The third-order valence-corrected chi connectivity index (χ3v) is 10.6. The zero-order chi connectivity index (χ0) is 33.1. The highest BCUT2D eigenvalue weighted by Gasteiger charge is 2.27. The largest absolute Gasteiger partial charge is 0.494 e. The van der Waals surface area contributed by atoms with E-state index in [-0.39, 0.29) is 10.5 Å². The Kier molecular flexibility index (Phi) is 9.00. The predicted octanol–water partition coefficient (Wildman–Crippen LogP) is 4.53. The van der Waals surface area contributed by atoms with Crippen LogP contribution >= 0.6 is 11.3 Å². The third-order valence-electron chi connectivity index (χ3n) is 7.74. The minimum atomic E-state index is -3.73. The lowest BCUT2D eigenvalue weighted by molar-refractivity contribution is 0.0730. The molecular weight excluding hydrogens is 649 g/mol. The quantitative estimate of drug-likeness (QED) is 0.207. The summed E-state index contributed by atoms with van der Waals surface area (Å²) in [7, 11) is -3.73. The molecule has 7 rings (SSSR count). The summed E-state index contributed by atoms with van der Waals surface area (Å²) in [5.41, 5.74) is 3.26. The van der Waals surface area contributed by atoms with Crippen molar-refractivity contribution in [3.8, 4) is 22.7 Å². The molecule has 0 aliphatic carbocycles. The highest BCUT2D eigenvalue weighted by Crippen LogP contribution is 2.28. The Morgan fingerprint density at radius 1 is 0.958 bits per heavy atom. The van der Waals surface area contributed by atoms with Gasteiger partial charge in [0.15, 0.2) is 5.82 Å². The van der Waals surface area contributed by atoms with Crippen molar-refractivity contribution in [2.45, 2.75) is 18.2 Å². The van der Waals surface area contributed by atoms with Crippen LogP contribution in [0.5, 0.6) is 5.75 Å². The number of para-hydroxylation sites is 1. The lowest BCUT2D eigenvalue weighted by atomic mass is 10.1. The molecule has 1 aliphatic heterocycles. The molecule has 0 amide bonds. The van der Waals surface area contributed by atoms with E-state index in [1.54, 1.807) is 35.0 Å². The summed E-state index contributed by atoms with van der Waals surface area (Å²) < 4.78 is 42.8. The number of nitrogens with zero attached hydrogens (tertiary/aromatic N) is 6. The summed E-state index contributed by atoms with van der Waals surface area (Å²) in [4.78, 5) is 18.7. The Hall–Kier alpha value is -4.95. The van der Waals surface area contributed by atoms with Gasteiger partial charge in [-0.05, 0) is 60.5 Å². The minimum absolute atomic E-state index is 0.173. The zero-order valence-electron chi connectivity index (χ0n) is 26.1. The first-order chi connectivity index (χ1) is 23.4. The average molecular weight is 681 g/mol. The van der Waals surface area contributed by atoms with Crippen LogP contribution in [0.1, 0.15) is 30.3 Å². The van der Waals surface area contributed by atoms with E-state index in [1.807, 2.05) is 72.9 Å². The fourth-order valence-corrected chi connectivity index (χ4v) is 7.66. The molecule has 3 aromatic heterocycles. The van der Waals surface area contributed by atoms with Gasteiger partial charge in [0.05, 0.1) is 34.9 Å². The Balaban J connectivity index is 1.23. The van der Waals surface area contributed by atoms with Crippen molar-refractivity contribution >= 4 is 44.5 Å². The molecule has 244 valence electrons. The molecule has 48 heavy (non-hydrogen) atoms. The second-order valence-electron chi connectivity index (χ2n) is 11.1. The summed E-state index contributed by atoms with van der Waals surface area (Å²) in [6.07, 6.45) is 8.19. The van der Waals surface area contributed by atoms with Gasteiger partial charge < -0.3 is 9.47 Å². The smallest absolute Gasteiger partial charge is 0.291 e. The molecule has 13 heteroatoms. The molecule has 0 saturated carbocycles. The van der Waals surface area contributed by atoms with Crippen molar-refractivity contribution in [2.24, 2.45) is 0 Å². The van der Waals surface area contributed by atoms with Gasteiger partial charge in [-0.25, -0.2) is 13.1 Å². The Morgan fingerprint density at radius 3 is 2.50 bits per heavy atom. The van der Waals surface area contributed by atoms with Crippen molar-refractivity contribution < 1.29 is 17.9 Å². The number of morpholine rings is 1. The van der Waals surface area contributed by atoms with Crippen molar-refractivity contribution in [3.05, 3.63) is 117 Å². The minimum Gasteiger partial charge on any atom is -0.494 e. The van der Waals surface area contributed by atoms with Crippen LogP contribution in [0.15, 0.2) is 94.7 Å². The fourth-order valence-electron chi connectivity index (χ4n) is 5.30. The maximum Gasteiger partial charge on any atom is 0.291 e. The van der Waals surface area contributed by atoms with E-state index in [1.165, 1.54) is 20.2 Å². The first kappa shape index (κ1) is 31.6. The lowest BCUT2D eigenvalue weighted by Gasteiger charge is -2.26. The Morgan fingerprint density at radius 2 is 1.75 bits per heavy atom. The van der Waals surface area contributed by atoms with E-state index in [2.05, 4.69) is 17.0 Å². The van der Waals surface area contributed by atoms with Crippen molar-refractivity contribution in [1.82, 2.24) is 28.7 Å². The number of benzene rings is 3. The molecule has 0 unspecified atom stereocenters. The van der Waals surface area contributed by atoms with Gasteiger partial charge in [-0.15, -0.1) is 5.10 Å². The van der Waals surface area contributed by atoms with Crippen LogP contribution in [0, 0.1) is 0 Å². The van der Waals surface area contributed by atoms with Crippen molar-refractivity contribution in [1.29, 1.82) is 0 Å². The van der Waals surface area contributed by atoms with Crippen LogP contribution in [0.2, 0.25) is 0 Å². The van der Waals surface area contributed by atoms with E-state index in [0.29, 0.717) is 65.0 Å². The zero-order valence-corrected chi connectivity index (χ0v) is 27.7. The van der Waals surface area contributed by atoms with Crippen LogP contribution in [0.3, 0.4) is 0 Å². The van der Waals surface area contributed by atoms with Gasteiger partial charge in [-0.3, -0.25) is 4.79 Å². The second-order valence-corrected chi connectivity index (χ2v) is 14.0. The highest BCUT2D eigenvalue weighted by molar-refractivity contribution is 7.89. The molecule has 1 fully saturated rings. The highest BCUT2D eigenvalue weighted by atomic mass is 32.2. The average Bonchev–Trinajstić information content (AvgIpc) is 3.82. The molecule has 0 atom stereocenters. The molecule has 0 bridgehead atoms. The molecule has 6 aromatic rings. The summed E-state index contributed by atoms with van der Waals surface area (Å²) in [5.74, 6) is 1.24. The number of hydrogen-bond donors (Lipinski definition) is 0. The van der Waals surface area contributed by atoms with E-state index in [0.717, 1.165) is 23.4 Å². The van der Waals surface area contributed by atoms with E-state index < -0.39 is 10.0 Å². The lowest BCUT2D eigenvalue weighted by Crippen LogP contribution is -2.40. The monoisotopic (exact) mass is 680 g/mol. The summed E-state index contributed by atoms with van der Waals surface area (Å²) in [5, 5.41) is 9.28. The van der Waals surface area contributed by atoms with Crippen molar-refractivity contribution in [2.75, 3.05) is 32.9 Å². The Bertz CT molecular complexity index is 2310. The normalized spacial score (nSPS) is 14.7. The number of rotatable bonds is 10. The fraction of sp³-hybridized carbons (Fsp3) is 0.200. The van der Waals surface area contributed by atoms with Gasteiger partial charge in [0.2, 0.25) is 15.0 Å². The Labute approximate surface area is 281 Å². The number of hydrogen-bond acceptors (Lipinski definition) is 9. The van der Waals surface area contributed by atoms with Gasteiger partial charge in [-0.2, -0.15) is 18.9 Å². The molecule has 1 saturated heterocycles. The molecule has 0 radical (unpaired) electrons. The number of fused-ring (bicyclic) bond motifs is 1. The molecule has 0 spiro atoms. The standard InChI is InChI=1S/C35H32N6O5S2/c1-2-19-46-29-14-11-25(12-15-29)13-16-32-36-35-41(37-32)34(42)31(47-35)23-27-24-40(28-8-4-3-5-9-28)38-33(27)26-7-6-10-30(22-26)48(43,44)39-17-20-45-21-18-39/h3-16,22-24H,2,17-21H2,1H3/b16-13+,31-23-. The molecule has 11 nitrogen and oxygen atoms in total. The van der Waals surface area contributed by atoms with Crippen LogP contribution in [-0.2, 0) is 14.8 Å². The van der Waals surface area contributed by atoms with Gasteiger partial charge in [0.25, 0.3) is 5.56 Å². The SMILES string of the molecule is CCCOc1ccc(/C=C/c2nc3s/c(=C\c4cn(-c5ccccc5)nc4-c4cccc(S(=O)(=O)N5CCOCC5)c4)c(=O)n3n2)cc1. The maximum absolute atomic E-state index is 13.5. The maximum atomic E-state index is 13.5. The van der Waals surface area contributed by atoms with Crippen LogP contribution in [-0.4, -0.2) is 70.0 Å². The summed E-state index contributed by atoms with van der Waals surface area (Å²) >= 11 is 1.23. The number of ether oxygens (including phenoxy) is 2. The predicted molar refractivity (Wildman–Crippen MR) is 186 cm³/mol. The van der Waals surface area contributed by atoms with E-state index in [4.69, 9.17) is 14.6 Å². The van der Waals surface area contributed by atoms with Crippen molar-refractivity contribution in [3.63, 3.8) is 0 Å². The van der Waals surface area contributed by atoms with Gasteiger partial charge >= 0.3 is 0 Å².